The van der Waals surface area contributed by atoms with Crippen LogP contribution in [0.3, 0.4) is 0 Å². The van der Waals surface area contributed by atoms with Crippen molar-refractivity contribution in [1.82, 2.24) is 15.0 Å². The summed E-state index contributed by atoms with van der Waals surface area (Å²) in [6.07, 6.45) is -0.580. The first kappa shape index (κ1) is 12.5. The van der Waals surface area contributed by atoms with Crippen molar-refractivity contribution in [2.24, 2.45) is 0 Å². The van der Waals surface area contributed by atoms with E-state index in [-0.39, 0.29) is 0 Å². The molecule has 0 saturated carbocycles. The van der Waals surface area contributed by atoms with Crippen molar-refractivity contribution in [2.75, 3.05) is 0 Å². The Labute approximate surface area is 125 Å². The van der Waals surface area contributed by atoms with Gasteiger partial charge in [-0.25, -0.2) is 4.79 Å². The molecule has 0 bridgehead atoms. The number of carbonyl (C=O) groups excluding carboxylic acids is 1. The molecule has 0 aliphatic heterocycles. The highest BCUT2D eigenvalue weighted by Crippen LogP contribution is 2.21. The fourth-order valence-corrected chi connectivity index (χ4v) is 2.38. The Morgan fingerprint density at radius 1 is 0.909 bits per heavy atom. The molecule has 5 heteroatoms. The Morgan fingerprint density at radius 2 is 1.68 bits per heavy atom. The van der Waals surface area contributed by atoms with Gasteiger partial charge in [0.2, 0.25) is 0 Å². The van der Waals surface area contributed by atoms with E-state index in [0.29, 0.717) is 16.8 Å². The van der Waals surface area contributed by atoms with Crippen LogP contribution in [-0.2, 0) is 0 Å². The minimum absolute atomic E-state index is 0.475. The largest absolute Gasteiger partial charge is 0.442 e. The van der Waals surface area contributed by atoms with E-state index in [1.807, 2.05) is 48.5 Å². The molecule has 1 aromatic heterocycles. The molecule has 3 aromatic carbocycles. The molecule has 0 saturated heterocycles. The van der Waals surface area contributed by atoms with Crippen LogP contribution in [0.1, 0.15) is 0 Å². The van der Waals surface area contributed by atoms with Gasteiger partial charge < -0.3 is 4.74 Å². The van der Waals surface area contributed by atoms with Crippen molar-refractivity contribution >= 4 is 27.9 Å². The molecular formula is C17H11N3O2. The molecule has 1 heterocycles. The fraction of sp³-hybridized carbons (Fsp3) is 0. The lowest BCUT2D eigenvalue weighted by Gasteiger charge is -2.05. The van der Waals surface area contributed by atoms with E-state index in [4.69, 9.17) is 4.74 Å². The predicted octanol–water partition coefficient (Wildman–Crippen LogP) is 3.63. The second-order valence-corrected chi connectivity index (χ2v) is 4.87. The molecule has 0 aliphatic carbocycles. The molecule has 22 heavy (non-hydrogen) atoms. The van der Waals surface area contributed by atoms with E-state index in [1.165, 1.54) is 0 Å². The first-order valence-electron chi connectivity index (χ1n) is 6.83. The van der Waals surface area contributed by atoms with Gasteiger partial charge in [0.25, 0.3) is 0 Å². The number of benzene rings is 3. The Bertz CT molecular complexity index is 991. The number of ether oxygens (including phenoxy) is 1. The molecule has 0 amide bonds. The van der Waals surface area contributed by atoms with Gasteiger partial charge in [0.1, 0.15) is 16.8 Å². The van der Waals surface area contributed by atoms with Crippen molar-refractivity contribution in [3.8, 4) is 5.75 Å². The van der Waals surface area contributed by atoms with E-state index in [2.05, 4.69) is 10.3 Å². The topological polar surface area (TPSA) is 57.0 Å². The van der Waals surface area contributed by atoms with Gasteiger partial charge >= 0.3 is 6.09 Å². The normalized spacial score (nSPS) is 10.9. The lowest BCUT2D eigenvalue weighted by Crippen LogP contribution is -2.18. The highest BCUT2D eigenvalue weighted by molar-refractivity contribution is 5.87. The zero-order valence-corrected chi connectivity index (χ0v) is 11.5. The number of hydrogen-bond donors (Lipinski definition) is 0. The van der Waals surface area contributed by atoms with E-state index >= 15 is 0 Å². The summed E-state index contributed by atoms with van der Waals surface area (Å²) < 4.78 is 6.55. The summed E-state index contributed by atoms with van der Waals surface area (Å²) >= 11 is 0. The van der Waals surface area contributed by atoms with E-state index in [0.717, 1.165) is 15.5 Å². The number of aromatic nitrogens is 3. The van der Waals surface area contributed by atoms with E-state index in [1.54, 1.807) is 18.2 Å². The van der Waals surface area contributed by atoms with Gasteiger partial charge in [0.05, 0.1) is 0 Å². The van der Waals surface area contributed by atoms with Crippen LogP contribution in [0.4, 0.5) is 4.79 Å². The molecule has 5 nitrogen and oxygen atoms in total. The maximum absolute atomic E-state index is 12.3. The third-order valence-electron chi connectivity index (χ3n) is 3.45. The van der Waals surface area contributed by atoms with E-state index in [9.17, 15) is 4.79 Å². The number of hydrogen-bond acceptors (Lipinski definition) is 4. The molecule has 4 aromatic rings. The maximum atomic E-state index is 12.3. The van der Waals surface area contributed by atoms with Crippen LogP contribution in [0.15, 0.2) is 66.7 Å². The molecule has 0 spiro atoms. The SMILES string of the molecule is O=C(Oc1ccc2ccccc2c1)n1nnc2ccccc21. The number of rotatable bonds is 1. The summed E-state index contributed by atoms with van der Waals surface area (Å²) in [5, 5.41) is 9.89. The molecule has 0 atom stereocenters. The Morgan fingerprint density at radius 3 is 2.59 bits per heavy atom. The summed E-state index contributed by atoms with van der Waals surface area (Å²) in [5.41, 5.74) is 1.27. The molecule has 0 unspecified atom stereocenters. The summed E-state index contributed by atoms with van der Waals surface area (Å²) in [5.74, 6) is 0.475. The average Bonchev–Trinajstić information content (AvgIpc) is 2.99. The highest BCUT2D eigenvalue weighted by Gasteiger charge is 2.13. The molecular weight excluding hydrogens is 278 g/mol. The Balaban J connectivity index is 1.68. The Kier molecular flexibility index (Phi) is 2.83. The number of para-hydroxylation sites is 1. The molecule has 106 valence electrons. The van der Waals surface area contributed by atoms with Crippen LogP contribution in [0.25, 0.3) is 21.8 Å². The van der Waals surface area contributed by atoms with E-state index < -0.39 is 6.09 Å². The predicted molar refractivity (Wildman–Crippen MR) is 82.9 cm³/mol. The molecule has 4 rings (SSSR count). The monoisotopic (exact) mass is 289 g/mol. The first-order chi connectivity index (χ1) is 10.8. The highest BCUT2D eigenvalue weighted by atomic mass is 16.6. The second kappa shape index (κ2) is 4.96. The molecule has 0 N–H and O–H groups in total. The number of nitrogens with zero attached hydrogens (tertiary/aromatic N) is 3. The van der Waals surface area contributed by atoms with Crippen molar-refractivity contribution in [1.29, 1.82) is 0 Å². The van der Waals surface area contributed by atoms with Gasteiger partial charge in [-0.2, -0.15) is 0 Å². The first-order valence-corrected chi connectivity index (χ1v) is 6.83. The summed E-state index contributed by atoms with van der Waals surface area (Å²) in [4.78, 5) is 12.3. The van der Waals surface area contributed by atoms with Crippen molar-refractivity contribution in [3.05, 3.63) is 66.7 Å². The van der Waals surface area contributed by atoms with Gasteiger partial charge in [0.15, 0.2) is 0 Å². The average molecular weight is 289 g/mol. The number of fused-ring (bicyclic) bond motifs is 2. The maximum Gasteiger partial charge on any atom is 0.442 e. The molecule has 0 aliphatic rings. The van der Waals surface area contributed by atoms with Gasteiger partial charge in [-0.3, -0.25) is 0 Å². The van der Waals surface area contributed by atoms with Crippen molar-refractivity contribution in [3.63, 3.8) is 0 Å². The van der Waals surface area contributed by atoms with Crippen LogP contribution >= 0.6 is 0 Å². The zero-order valence-electron chi connectivity index (χ0n) is 11.5. The molecule has 0 fully saturated rings. The van der Waals surface area contributed by atoms with Crippen LogP contribution in [0, 0.1) is 0 Å². The zero-order chi connectivity index (χ0) is 14.9. The van der Waals surface area contributed by atoms with Crippen molar-refractivity contribution in [2.45, 2.75) is 0 Å². The summed E-state index contributed by atoms with van der Waals surface area (Å²) in [7, 11) is 0. The number of carbonyl (C=O) groups is 1. The Hall–Kier alpha value is -3.21. The van der Waals surface area contributed by atoms with Gasteiger partial charge in [0, 0.05) is 0 Å². The van der Waals surface area contributed by atoms with Gasteiger partial charge in [-0.15, -0.1) is 9.78 Å². The summed E-state index contributed by atoms with van der Waals surface area (Å²) in [6, 6.07) is 20.6. The third-order valence-corrected chi connectivity index (χ3v) is 3.45. The van der Waals surface area contributed by atoms with Crippen LogP contribution < -0.4 is 4.74 Å². The van der Waals surface area contributed by atoms with Crippen molar-refractivity contribution < 1.29 is 9.53 Å². The van der Waals surface area contributed by atoms with Crippen LogP contribution in [0.2, 0.25) is 0 Å². The second-order valence-electron chi connectivity index (χ2n) is 4.87. The van der Waals surface area contributed by atoms with Crippen LogP contribution in [-0.4, -0.2) is 21.1 Å². The molecule has 0 radical (unpaired) electrons. The lowest BCUT2D eigenvalue weighted by atomic mass is 10.1. The lowest BCUT2D eigenvalue weighted by molar-refractivity contribution is 0.199. The minimum Gasteiger partial charge on any atom is -0.409 e. The standard InChI is InChI=1S/C17H11N3O2/c21-17(20-16-8-4-3-7-15(16)18-19-20)22-14-10-9-12-5-1-2-6-13(12)11-14/h1-11H. The third kappa shape index (κ3) is 2.09. The summed E-state index contributed by atoms with van der Waals surface area (Å²) in [6.45, 7) is 0. The quantitative estimate of drug-likeness (QED) is 0.537. The fourth-order valence-electron chi connectivity index (χ4n) is 2.38. The smallest absolute Gasteiger partial charge is 0.409 e. The minimum atomic E-state index is -0.580. The van der Waals surface area contributed by atoms with Gasteiger partial charge in [-0.1, -0.05) is 47.7 Å². The van der Waals surface area contributed by atoms with Crippen LogP contribution in [0.5, 0.6) is 5.75 Å². The van der Waals surface area contributed by atoms with Gasteiger partial charge in [-0.05, 0) is 35.0 Å².